The molecule has 0 radical (unpaired) electrons. The number of carbonyl (C=O) groups is 1. The van der Waals surface area contributed by atoms with Crippen LogP contribution in [0, 0.1) is 0 Å². The van der Waals surface area contributed by atoms with Gasteiger partial charge in [0.05, 0.1) is 10.6 Å². The molecule has 1 aromatic rings. The zero-order chi connectivity index (χ0) is 16.1. The Labute approximate surface area is 134 Å². The van der Waals surface area contributed by atoms with Crippen molar-refractivity contribution in [3.63, 3.8) is 0 Å². The lowest BCUT2D eigenvalue weighted by atomic mass is 10.2. The van der Waals surface area contributed by atoms with Crippen LogP contribution in [0.15, 0.2) is 33.6 Å². The molecule has 0 aliphatic rings. The van der Waals surface area contributed by atoms with Crippen molar-refractivity contribution in [2.45, 2.75) is 37.7 Å². The molecule has 118 valence electrons. The third-order valence-electron chi connectivity index (χ3n) is 2.41. The van der Waals surface area contributed by atoms with Gasteiger partial charge >= 0.3 is 6.09 Å². The quantitative estimate of drug-likeness (QED) is 0.799. The Morgan fingerprint density at radius 3 is 2.57 bits per heavy atom. The minimum Gasteiger partial charge on any atom is -0.444 e. The summed E-state index contributed by atoms with van der Waals surface area (Å²) in [5.74, 6) is -0.0285. The first-order valence-corrected chi connectivity index (χ1v) is 9.00. The van der Waals surface area contributed by atoms with E-state index in [2.05, 4.69) is 21.2 Å². The highest BCUT2D eigenvalue weighted by molar-refractivity contribution is 9.10. The number of sulfone groups is 1. The van der Waals surface area contributed by atoms with E-state index in [9.17, 15) is 13.2 Å². The van der Waals surface area contributed by atoms with Crippen molar-refractivity contribution in [3.8, 4) is 0 Å². The molecule has 0 unspecified atom stereocenters. The first kappa shape index (κ1) is 18.0. The summed E-state index contributed by atoms with van der Waals surface area (Å²) in [7, 11) is -3.34. The van der Waals surface area contributed by atoms with Crippen molar-refractivity contribution >= 4 is 31.9 Å². The Balaban J connectivity index is 2.44. The van der Waals surface area contributed by atoms with Crippen LogP contribution in [-0.4, -0.2) is 32.4 Å². The largest absolute Gasteiger partial charge is 0.444 e. The van der Waals surface area contributed by atoms with Gasteiger partial charge in [-0.3, -0.25) is 0 Å². The van der Waals surface area contributed by atoms with E-state index < -0.39 is 21.5 Å². The molecule has 0 spiro atoms. The first-order chi connectivity index (χ1) is 9.60. The summed E-state index contributed by atoms with van der Waals surface area (Å²) in [6, 6.07) is 6.57. The summed E-state index contributed by atoms with van der Waals surface area (Å²) in [5, 5.41) is 2.54. The maximum Gasteiger partial charge on any atom is 0.407 e. The molecule has 1 rings (SSSR count). The number of rotatable bonds is 5. The van der Waals surface area contributed by atoms with Crippen LogP contribution in [0.2, 0.25) is 0 Å². The molecule has 1 N–H and O–H groups in total. The van der Waals surface area contributed by atoms with Gasteiger partial charge in [-0.1, -0.05) is 22.0 Å². The van der Waals surface area contributed by atoms with E-state index in [0.717, 1.165) is 4.47 Å². The second kappa shape index (κ2) is 7.26. The van der Waals surface area contributed by atoms with Gasteiger partial charge in [0.25, 0.3) is 0 Å². The molecule has 0 saturated carbocycles. The van der Waals surface area contributed by atoms with E-state index in [1.165, 1.54) is 0 Å². The van der Waals surface area contributed by atoms with Crippen LogP contribution < -0.4 is 5.32 Å². The van der Waals surface area contributed by atoms with Crippen molar-refractivity contribution in [1.82, 2.24) is 5.32 Å². The van der Waals surface area contributed by atoms with E-state index >= 15 is 0 Å². The van der Waals surface area contributed by atoms with Crippen LogP contribution in [-0.2, 0) is 14.6 Å². The lowest BCUT2D eigenvalue weighted by Gasteiger charge is -2.19. The standard InChI is InChI=1S/C14H20BrNO4S/c1-14(2,3)20-13(17)16-8-5-9-21(18,19)12-7-4-6-11(15)10-12/h4,6-7,10H,5,8-9H2,1-3H3,(H,16,17). The molecule has 1 aromatic carbocycles. The van der Waals surface area contributed by atoms with Crippen LogP contribution in [0.1, 0.15) is 27.2 Å². The molecule has 5 nitrogen and oxygen atoms in total. The summed E-state index contributed by atoms with van der Waals surface area (Å²) in [6.45, 7) is 5.56. The zero-order valence-electron chi connectivity index (χ0n) is 12.3. The maximum atomic E-state index is 12.1. The predicted molar refractivity (Wildman–Crippen MR) is 85.0 cm³/mol. The Morgan fingerprint density at radius 1 is 1.33 bits per heavy atom. The minimum absolute atomic E-state index is 0.0285. The van der Waals surface area contributed by atoms with E-state index in [-0.39, 0.29) is 17.2 Å². The molecule has 0 aliphatic carbocycles. The number of hydrogen-bond donors (Lipinski definition) is 1. The Kier molecular flexibility index (Phi) is 6.22. The van der Waals surface area contributed by atoms with Gasteiger partial charge in [-0.05, 0) is 45.4 Å². The summed E-state index contributed by atoms with van der Waals surface area (Å²) >= 11 is 3.25. The van der Waals surface area contributed by atoms with Gasteiger partial charge in [0, 0.05) is 11.0 Å². The lowest BCUT2D eigenvalue weighted by Crippen LogP contribution is -2.33. The van der Waals surface area contributed by atoms with Gasteiger partial charge in [-0.2, -0.15) is 0 Å². The Bertz CT molecular complexity index is 593. The summed E-state index contributed by atoms with van der Waals surface area (Å²) in [5.41, 5.74) is -0.563. The van der Waals surface area contributed by atoms with E-state index in [0.29, 0.717) is 6.42 Å². The molecule has 0 aliphatic heterocycles. The number of halogens is 1. The van der Waals surface area contributed by atoms with Crippen LogP contribution in [0.3, 0.4) is 0 Å². The second-order valence-electron chi connectivity index (χ2n) is 5.56. The van der Waals surface area contributed by atoms with Crippen molar-refractivity contribution in [2.24, 2.45) is 0 Å². The highest BCUT2D eigenvalue weighted by Gasteiger charge is 2.17. The average Bonchev–Trinajstić information content (AvgIpc) is 2.32. The van der Waals surface area contributed by atoms with Gasteiger partial charge in [0.2, 0.25) is 0 Å². The van der Waals surface area contributed by atoms with E-state index in [1.54, 1.807) is 45.0 Å². The average molecular weight is 378 g/mol. The number of ether oxygens (including phenoxy) is 1. The van der Waals surface area contributed by atoms with E-state index in [4.69, 9.17) is 4.74 Å². The molecule has 0 heterocycles. The number of benzene rings is 1. The van der Waals surface area contributed by atoms with Gasteiger partial charge in [0.1, 0.15) is 5.60 Å². The molecular weight excluding hydrogens is 358 g/mol. The molecule has 0 bridgehead atoms. The number of hydrogen-bond acceptors (Lipinski definition) is 4. The van der Waals surface area contributed by atoms with Crippen LogP contribution >= 0.6 is 15.9 Å². The number of nitrogens with one attached hydrogen (secondary N) is 1. The van der Waals surface area contributed by atoms with Crippen LogP contribution in [0.25, 0.3) is 0 Å². The highest BCUT2D eigenvalue weighted by Crippen LogP contribution is 2.17. The molecule has 0 atom stereocenters. The van der Waals surface area contributed by atoms with Crippen molar-refractivity contribution in [2.75, 3.05) is 12.3 Å². The molecule has 0 aromatic heterocycles. The fraction of sp³-hybridized carbons (Fsp3) is 0.500. The Morgan fingerprint density at radius 2 is 2.00 bits per heavy atom. The number of alkyl carbamates (subject to hydrolysis) is 1. The first-order valence-electron chi connectivity index (χ1n) is 6.55. The molecule has 0 fully saturated rings. The Hall–Kier alpha value is -1.08. The third-order valence-corrected chi connectivity index (χ3v) is 4.70. The second-order valence-corrected chi connectivity index (χ2v) is 8.58. The normalized spacial score (nSPS) is 12.0. The lowest BCUT2D eigenvalue weighted by molar-refractivity contribution is 0.0528. The smallest absolute Gasteiger partial charge is 0.407 e. The van der Waals surface area contributed by atoms with Crippen molar-refractivity contribution in [3.05, 3.63) is 28.7 Å². The third kappa shape index (κ3) is 6.95. The van der Waals surface area contributed by atoms with E-state index in [1.807, 2.05) is 0 Å². The van der Waals surface area contributed by atoms with Crippen molar-refractivity contribution in [1.29, 1.82) is 0 Å². The zero-order valence-corrected chi connectivity index (χ0v) is 14.8. The van der Waals surface area contributed by atoms with Gasteiger partial charge < -0.3 is 10.1 Å². The summed E-state index contributed by atoms with van der Waals surface area (Å²) in [4.78, 5) is 11.7. The summed E-state index contributed by atoms with van der Waals surface area (Å²) < 4.78 is 30.0. The van der Waals surface area contributed by atoms with Gasteiger partial charge in [-0.15, -0.1) is 0 Å². The fourth-order valence-corrected chi connectivity index (χ4v) is 3.45. The van der Waals surface area contributed by atoms with Crippen molar-refractivity contribution < 1.29 is 17.9 Å². The maximum absolute atomic E-state index is 12.1. The SMILES string of the molecule is CC(C)(C)OC(=O)NCCCS(=O)(=O)c1cccc(Br)c1. The number of carbonyl (C=O) groups excluding carboxylic acids is 1. The summed E-state index contributed by atoms with van der Waals surface area (Å²) in [6.07, 6.45) is -0.212. The molecular formula is C14H20BrNO4S. The molecule has 1 amide bonds. The topological polar surface area (TPSA) is 72.5 Å². The monoisotopic (exact) mass is 377 g/mol. The molecule has 7 heteroatoms. The van der Waals surface area contributed by atoms with Crippen LogP contribution in [0.4, 0.5) is 4.79 Å². The minimum atomic E-state index is -3.34. The molecule has 0 saturated heterocycles. The molecule has 21 heavy (non-hydrogen) atoms. The van der Waals surface area contributed by atoms with Crippen LogP contribution in [0.5, 0.6) is 0 Å². The number of amides is 1. The van der Waals surface area contributed by atoms with Gasteiger partial charge in [0.15, 0.2) is 9.84 Å². The fourth-order valence-electron chi connectivity index (χ4n) is 1.55. The predicted octanol–water partition coefficient (Wildman–Crippen LogP) is 3.14. The van der Waals surface area contributed by atoms with Gasteiger partial charge in [-0.25, -0.2) is 13.2 Å². The highest BCUT2D eigenvalue weighted by atomic mass is 79.9.